The third-order valence-electron chi connectivity index (χ3n) is 2.60. The van der Waals surface area contributed by atoms with Gasteiger partial charge in [-0.2, -0.15) is 0 Å². The van der Waals surface area contributed by atoms with Crippen molar-refractivity contribution in [2.45, 2.75) is 20.1 Å². The zero-order valence-electron chi connectivity index (χ0n) is 10.3. The van der Waals surface area contributed by atoms with Gasteiger partial charge in [0.05, 0.1) is 0 Å². The van der Waals surface area contributed by atoms with Gasteiger partial charge in [-0.05, 0) is 31.2 Å². The Bertz CT molecular complexity index is 578. The molecule has 0 aliphatic rings. The molecule has 0 unspecified atom stereocenters. The highest BCUT2D eigenvalue weighted by molar-refractivity contribution is 5.85. The first-order chi connectivity index (χ1) is 9.10. The first-order valence-electron chi connectivity index (χ1n) is 5.78. The zero-order valence-corrected chi connectivity index (χ0v) is 10.3. The summed E-state index contributed by atoms with van der Waals surface area (Å²) in [6.45, 7) is 2.61. The molecule has 19 heavy (non-hydrogen) atoms. The van der Waals surface area contributed by atoms with E-state index < -0.39 is 5.97 Å². The normalized spacial score (nSPS) is 10.4. The van der Waals surface area contributed by atoms with Gasteiger partial charge in [-0.15, -0.1) is 0 Å². The highest BCUT2D eigenvalue weighted by Crippen LogP contribution is 2.13. The van der Waals surface area contributed by atoms with Crippen LogP contribution in [0.5, 0.6) is 5.75 Å². The molecule has 0 radical (unpaired) electrons. The average molecular weight is 264 g/mol. The van der Waals surface area contributed by atoms with Crippen molar-refractivity contribution in [1.82, 2.24) is 9.55 Å². The summed E-state index contributed by atoms with van der Waals surface area (Å²) in [7, 11) is 0. The summed E-state index contributed by atoms with van der Waals surface area (Å²) in [6.07, 6.45) is 1.46. The van der Waals surface area contributed by atoms with Crippen molar-refractivity contribution in [3.05, 3.63) is 47.8 Å². The Balaban J connectivity index is 2.10. The first kappa shape index (κ1) is 13.1. The molecule has 6 heteroatoms. The van der Waals surface area contributed by atoms with Crippen molar-refractivity contribution >= 4 is 5.97 Å². The highest BCUT2D eigenvalue weighted by Gasteiger charge is 2.12. The smallest absolute Gasteiger partial charge is 0.356 e. The molecule has 0 saturated heterocycles. The van der Waals surface area contributed by atoms with Crippen molar-refractivity contribution in [2.75, 3.05) is 0 Å². The number of benzene rings is 1. The van der Waals surface area contributed by atoms with Crippen LogP contribution in [0.25, 0.3) is 0 Å². The Morgan fingerprint density at radius 1 is 1.42 bits per heavy atom. The van der Waals surface area contributed by atoms with Gasteiger partial charge in [0, 0.05) is 12.7 Å². The fraction of sp³-hybridized carbons (Fsp3) is 0.231. The Hall–Kier alpha value is -2.37. The number of imidazole rings is 1. The van der Waals surface area contributed by atoms with Gasteiger partial charge in [-0.25, -0.2) is 14.2 Å². The van der Waals surface area contributed by atoms with Gasteiger partial charge in [0.25, 0.3) is 0 Å². The second kappa shape index (κ2) is 5.51. The van der Waals surface area contributed by atoms with Gasteiger partial charge in [0.15, 0.2) is 5.69 Å². The predicted octanol–water partition coefficient (Wildman–Crippen LogP) is 2.32. The number of carbonyl (C=O) groups is 1. The number of carboxylic acid groups (broad SMARTS) is 1. The maximum atomic E-state index is 12.7. The maximum Gasteiger partial charge on any atom is 0.356 e. The topological polar surface area (TPSA) is 64.4 Å². The van der Waals surface area contributed by atoms with Crippen LogP contribution in [0.15, 0.2) is 30.5 Å². The number of rotatable bonds is 5. The largest absolute Gasteiger partial charge is 0.486 e. The van der Waals surface area contributed by atoms with E-state index in [0.717, 1.165) is 0 Å². The van der Waals surface area contributed by atoms with Gasteiger partial charge >= 0.3 is 5.97 Å². The fourth-order valence-electron chi connectivity index (χ4n) is 1.62. The Morgan fingerprint density at radius 2 is 2.11 bits per heavy atom. The van der Waals surface area contributed by atoms with E-state index in [9.17, 15) is 9.18 Å². The molecule has 1 heterocycles. The van der Waals surface area contributed by atoms with Crippen LogP contribution in [0.1, 0.15) is 23.2 Å². The molecule has 2 aromatic rings. The molecular weight excluding hydrogens is 251 g/mol. The van der Waals surface area contributed by atoms with Crippen molar-refractivity contribution in [2.24, 2.45) is 0 Å². The molecule has 0 amide bonds. The fourth-order valence-corrected chi connectivity index (χ4v) is 1.62. The summed E-state index contributed by atoms with van der Waals surface area (Å²) >= 11 is 0. The van der Waals surface area contributed by atoms with Crippen LogP contribution in [0.4, 0.5) is 4.39 Å². The van der Waals surface area contributed by atoms with Crippen molar-refractivity contribution in [3.63, 3.8) is 0 Å². The second-order valence-corrected chi connectivity index (χ2v) is 3.88. The van der Waals surface area contributed by atoms with Crippen LogP contribution in [-0.4, -0.2) is 20.6 Å². The van der Waals surface area contributed by atoms with Crippen LogP contribution < -0.4 is 4.74 Å². The number of ether oxygens (including phenoxy) is 1. The summed E-state index contributed by atoms with van der Waals surface area (Å²) < 4.78 is 19.9. The molecule has 0 spiro atoms. The number of halogens is 1. The maximum absolute atomic E-state index is 12.7. The van der Waals surface area contributed by atoms with Crippen LogP contribution >= 0.6 is 0 Å². The third kappa shape index (κ3) is 3.09. The minimum atomic E-state index is -1.07. The molecular formula is C13H13FN2O3. The van der Waals surface area contributed by atoms with Crippen LogP contribution in [0.3, 0.4) is 0 Å². The van der Waals surface area contributed by atoms with E-state index in [2.05, 4.69) is 4.98 Å². The number of aromatic carboxylic acids is 1. The van der Waals surface area contributed by atoms with E-state index in [0.29, 0.717) is 18.1 Å². The van der Waals surface area contributed by atoms with E-state index in [1.807, 2.05) is 6.92 Å². The van der Waals surface area contributed by atoms with E-state index >= 15 is 0 Å². The number of aromatic nitrogens is 2. The number of hydrogen-bond donors (Lipinski definition) is 1. The third-order valence-corrected chi connectivity index (χ3v) is 2.60. The molecule has 100 valence electrons. The molecule has 0 aliphatic heterocycles. The summed E-state index contributed by atoms with van der Waals surface area (Å²) in [5, 5.41) is 8.88. The molecule has 5 nitrogen and oxygen atoms in total. The van der Waals surface area contributed by atoms with Gasteiger partial charge in [0.1, 0.15) is 24.0 Å². The lowest BCUT2D eigenvalue weighted by Crippen LogP contribution is -2.05. The quantitative estimate of drug-likeness (QED) is 0.900. The molecule has 0 saturated carbocycles. The molecule has 2 rings (SSSR count). The number of carboxylic acids is 1. The first-order valence-corrected chi connectivity index (χ1v) is 5.78. The highest BCUT2D eigenvalue weighted by atomic mass is 19.1. The molecule has 0 aliphatic carbocycles. The summed E-state index contributed by atoms with van der Waals surface area (Å²) in [5.41, 5.74) is -0.0143. The van der Waals surface area contributed by atoms with E-state index in [1.54, 1.807) is 4.57 Å². The number of nitrogens with zero attached hydrogens (tertiary/aromatic N) is 2. The average Bonchev–Trinajstić information content (AvgIpc) is 2.81. The standard InChI is InChI=1S/C13H13FN2O3/c1-2-16-7-11(13(17)18)15-12(16)8-19-10-5-3-9(14)4-6-10/h3-7H,2,8H2,1H3,(H,17,18). The predicted molar refractivity (Wildman–Crippen MR) is 65.6 cm³/mol. The second-order valence-electron chi connectivity index (χ2n) is 3.88. The lowest BCUT2D eigenvalue weighted by Gasteiger charge is -2.07. The van der Waals surface area contributed by atoms with Crippen LogP contribution in [-0.2, 0) is 13.2 Å². The molecule has 1 N–H and O–H groups in total. The van der Waals surface area contributed by atoms with Crippen molar-refractivity contribution < 1.29 is 19.0 Å². The van der Waals surface area contributed by atoms with E-state index in [4.69, 9.17) is 9.84 Å². The van der Waals surface area contributed by atoms with Crippen LogP contribution in [0.2, 0.25) is 0 Å². The van der Waals surface area contributed by atoms with Gasteiger partial charge in [-0.1, -0.05) is 0 Å². The SMILES string of the molecule is CCn1cc(C(=O)O)nc1COc1ccc(F)cc1. The molecule has 0 bridgehead atoms. The van der Waals surface area contributed by atoms with Gasteiger partial charge < -0.3 is 14.4 Å². The Kier molecular flexibility index (Phi) is 3.79. The zero-order chi connectivity index (χ0) is 13.8. The minimum absolute atomic E-state index is 0.0143. The van der Waals surface area contributed by atoms with E-state index in [-0.39, 0.29) is 18.1 Å². The Morgan fingerprint density at radius 3 is 2.68 bits per heavy atom. The Labute approximate surface area is 109 Å². The number of hydrogen-bond acceptors (Lipinski definition) is 3. The summed E-state index contributed by atoms with van der Waals surface area (Å²) in [5.74, 6) is -0.390. The molecule has 1 aromatic carbocycles. The summed E-state index contributed by atoms with van der Waals surface area (Å²) in [6, 6.07) is 5.61. The van der Waals surface area contributed by atoms with Crippen molar-refractivity contribution in [1.29, 1.82) is 0 Å². The molecule has 0 atom stereocenters. The minimum Gasteiger partial charge on any atom is -0.486 e. The monoisotopic (exact) mass is 264 g/mol. The lowest BCUT2D eigenvalue weighted by atomic mass is 10.3. The molecule has 1 aromatic heterocycles. The summed E-state index contributed by atoms with van der Waals surface area (Å²) in [4.78, 5) is 14.8. The lowest BCUT2D eigenvalue weighted by molar-refractivity contribution is 0.0690. The molecule has 0 fully saturated rings. The van der Waals surface area contributed by atoms with Crippen molar-refractivity contribution in [3.8, 4) is 5.75 Å². The van der Waals surface area contributed by atoms with Gasteiger partial charge in [0.2, 0.25) is 0 Å². The van der Waals surface area contributed by atoms with Crippen LogP contribution in [0, 0.1) is 5.82 Å². The van der Waals surface area contributed by atoms with E-state index in [1.165, 1.54) is 30.5 Å². The van der Waals surface area contributed by atoms with Gasteiger partial charge in [-0.3, -0.25) is 0 Å². The number of aryl methyl sites for hydroxylation is 1.